The van der Waals surface area contributed by atoms with Crippen molar-refractivity contribution in [2.45, 2.75) is 26.8 Å². The van der Waals surface area contributed by atoms with Gasteiger partial charge >= 0.3 is 0 Å². The summed E-state index contributed by atoms with van der Waals surface area (Å²) in [7, 11) is -3.49. The molecule has 0 aliphatic carbocycles. The van der Waals surface area contributed by atoms with Gasteiger partial charge < -0.3 is 9.88 Å². The van der Waals surface area contributed by atoms with Gasteiger partial charge in [-0.2, -0.15) is 0 Å². The lowest BCUT2D eigenvalue weighted by Crippen LogP contribution is -2.37. The zero-order valence-corrected chi connectivity index (χ0v) is 18.7. The Morgan fingerprint density at radius 1 is 1.03 bits per heavy atom. The van der Waals surface area contributed by atoms with Crippen LogP contribution in [0.25, 0.3) is 0 Å². The largest absolute Gasteiger partial charge is 0.351 e. The molecule has 1 aliphatic heterocycles. The third-order valence-electron chi connectivity index (χ3n) is 5.83. The number of sulfonamides is 1. The van der Waals surface area contributed by atoms with Crippen molar-refractivity contribution in [1.29, 1.82) is 0 Å². The molecule has 2 heterocycles. The van der Waals surface area contributed by atoms with E-state index in [1.807, 2.05) is 62.4 Å². The van der Waals surface area contributed by atoms with Crippen LogP contribution < -0.4 is 9.62 Å². The zero-order chi connectivity index (χ0) is 22.0. The van der Waals surface area contributed by atoms with Crippen molar-refractivity contribution in [1.82, 2.24) is 9.88 Å². The smallest absolute Gasteiger partial charge is 0.253 e. The molecule has 0 radical (unpaired) electrons. The van der Waals surface area contributed by atoms with Crippen LogP contribution in [0, 0.1) is 13.8 Å². The number of para-hydroxylation sites is 1. The number of carbonyl (C=O) groups excluding carboxylic acids is 1. The summed E-state index contributed by atoms with van der Waals surface area (Å²) >= 11 is 0. The first-order valence-electron chi connectivity index (χ1n) is 10.4. The zero-order valence-electron chi connectivity index (χ0n) is 17.8. The number of aryl methyl sites for hydroxylation is 1. The van der Waals surface area contributed by atoms with Crippen LogP contribution >= 0.6 is 0 Å². The molecule has 1 amide bonds. The lowest BCUT2D eigenvalue weighted by Gasteiger charge is -2.19. The number of hydrogen-bond acceptors (Lipinski definition) is 3. The van der Waals surface area contributed by atoms with Crippen molar-refractivity contribution in [3.63, 3.8) is 0 Å². The van der Waals surface area contributed by atoms with Crippen molar-refractivity contribution in [2.24, 2.45) is 0 Å². The van der Waals surface area contributed by atoms with Crippen LogP contribution in [0.2, 0.25) is 0 Å². The molecule has 1 N–H and O–H groups in total. The van der Waals surface area contributed by atoms with E-state index in [4.69, 9.17) is 0 Å². The fraction of sp³-hybridized carbons (Fsp3) is 0.292. The number of aromatic nitrogens is 1. The maximum absolute atomic E-state index is 12.8. The minimum atomic E-state index is -3.49. The van der Waals surface area contributed by atoms with E-state index < -0.39 is 10.0 Å². The summed E-state index contributed by atoms with van der Waals surface area (Å²) in [6.07, 6.45) is 0.717. The molecule has 1 aliphatic rings. The van der Waals surface area contributed by atoms with Crippen LogP contribution in [0.15, 0.2) is 60.7 Å². The van der Waals surface area contributed by atoms with Crippen LogP contribution in [0.1, 0.15) is 32.9 Å². The summed E-state index contributed by atoms with van der Waals surface area (Å²) < 4.78 is 29.2. The van der Waals surface area contributed by atoms with Crippen LogP contribution in [0.3, 0.4) is 0 Å². The second-order valence-electron chi connectivity index (χ2n) is 7.88. The number of carbonyl (C=O) groups is 1. The Morgan fingerprint density at radius 3 is 2.52 bits per heavy atom. The molecule has 162 valence electrons. The average molecular weight is 438 g/mol. The van der Waals surface area contributed by atoms with Crippen molar-refractivity contribution >= 4 is 21.6 Å². The van der Waals surface area contributed by atoms with E-state index in [-0.39, 0.29) is 18.2 Å². The fourth-order valence-corrected chi connectivity index (χ4v) is 5.56. The number of nitrogens with zero attached hydrogens (tertiary/aromatic N) is 2. The van der Waals surface area contributed by atoms with Gasteiger partial charge in [0.05, 0.1) is 17.0 Å². The monoisotopic (exact) mass is 437 g/mol. The van der Waals surface area contributed by atoms with E-state index in [1.54, 1.807) is 0 Å². The standard InChI is InChI=1S/C24H27N3O3S/c1-18-16-22(19(2)26(18)17-20-8-4-3-5-9-20)24(28)25-13-15-31(29,30)27-14-12-21-10-6-7-11-23(21)27/h3-11,16H,12-15,17H2,1-2H3,(H,25,28). The molecule has 6 nitrogen and oxygen atoms in total. The molecule has 7 heteroatoms. The van der Waals surface area contributed by atoms with E-state index in [0.29, 0.717) is 18.7 Å². The molecule has 0 saturated carbocycles. The van der Waals surface area contributed by atoms with E-state index in [1.165, 1.54) is 4.31 Å². The predicted molar refractivity (Wildman–Crippen MR) is 123 cm³/mol. The minimum absolute atomic E-state index is 0.0716. The Labute approximate surface area is 183 Å². The molecule has 31 heavy (non-hydrogen) atoms. The molecule has 0 fully saturated rings. The first-order chi connectivity index (χ1) is 14.9. The molecule has 0 bridgehead atoms. The Kier molecular flexibility index (Phi) is 5.87. The van der Waals surface area contributed by atoms with Gasteiger partial charge in [0.2, 0.25) is 10.0 Å². The van der Waals surface area contributed by atoms with Gasteiger partial charge in [-0.05, 0) is 43.5 Å². The van der Waals surface area contributed by atoms with Gasteiger partial charge in [0.15, 0.2) is 0 Å². The van der Waals surface area contributed by atoms with E-state index in [9.17, 15) is 13.2 Å². The van der Waals surface area contributed by atoms with Crippen LogP contribution in [-0.2, 0) is 23.0 Å². The van der Waals surface area contributed by atoms with Crippen LogP contribution in [0.4, 0.5) is 5.69 Å². The van der Waals surface area contributed by atoms with E-state index >= 15 is 0 Å². The van der Waals surface area contributed by atoms with Gasteiger partial charge in [-0.1, -0.05) is 48.5 Å². The van der Waals surface area contributed by atoms with Gasteiger partial charge in [0.25, 0.3) is 5.91 Å². The number of amides is 1. The van der Waals surface area contributed by atoms with E-state index in [2.05, 4.69) is 22.0 Å². The molecule has 0 unspecified atom stereocenters. The summed E-state index contributed by atoms with van der Waals surface area (Å²) in [5, 5.41) is 2.79. The predicted octanol–water partition coefficient (Wildman–Crippen LogP) is 3.28. The SMILES string of the molecule is Cc1cc(C(=O)NCCS(=O)(=O)N2CCc3ccccc32)c(C)n1Cc1ccccc1. The minimum Gasteiger partial charge on any atom is -0.351 e. The normalized spacial score (nSPS) is 13.3. The lowest BCUT2D eigenvalue weighted by atomic mass is 10.2. The topological polar surface area (TPSA) is 71.4 Å². The fourth-order valence-electron chi connectivity index (χ4n) is 4.14. The number of rotatable bonds is 7. The molecular formula is C24H27N3O3S. The van der Waals surface area contributed by atoms with Gasteiger partial charge in [-0.15, -0.1) is 0 Å². The quantitative estimate of drug-likeness (QED) is 0.617. The van der Waals surface area contributed by atoms with Crippen molar-refractivity contribution in [2.75, 3.05) is 23.1 Å². The average Bonchev–Trinajstić information content (AvgIpc) is 3.31. The van der Waals surface area contributed by atoms with Gasteiger partial charge in [-0.25, -0.2) is 8.42 Å². The lowest BCUT2D eigenvalue weighted by molar-refractivity contribution is 0.0955. The Balaban J connectivity index is 1.40. The highest BCUT2D eigenvalue weighted by atomic mass is 32.2. The molecule has 0 spiro atoms. The highest BCUT2D eigenvalue weighted by Crippen LogP contribution is 2.29. The summed E-state index contributed by atoms with van der Waals surface area (Å²) in [6.45, 7) is 5.11. The third-order valence-corrected chi connectivity index (χ3v) is 7.60. The molecule has 3 aromatic rings. The molecule has 4 rings (SSSR count). The summed E-state index contributed by atoms with van der Waals surface area (Å²) in [5.74, 6) is -0.375. The highest BCUT2D eigenvalue weighted by Gasteiger charge is 2.29. The molecular weight excluding hydrogens is 410 g/mol. The van der Waals surface area contributed by atoms with Crippen molar-refractivity contribution in [3.8, 4) is 0 Å². The van der Waals surface area contributed by atoms with Gasteiger partial charge in [0.1, 0.15) is 0 Å². The Hall–Kier alpha value is -3.06. The van der Waals surface area contributed by atoms with Gasteiger partial charge in [-0.3, -0.25) is 9.10 Å². The number of hydrogen-bond donors (Lipinski definition) is 1. The van der Waals surface area contributed by atoms with E-state index in [0.717, 1.165) is 34.6 Å². The Bertz CT molecular complexity index is 1200. The Morgan fingerprint density at radius 2 is 1.74 bits per heavy atom. The first-order valence-corrected chi connectivity index (χ1v) is 12.0. The molecule has 0 saturated heterocycles. The molecule has 0 atom stereocenters. The maximum Gasteiger partial charge on any atom is 0.253 e. The van der Waals surface area contributed by atoms with Crippen LogP contribution in [0.5, 0.6) is 0 Å². The molecule has 1 aromatic heterocycles. The second kappa shape index (κ2) is 8.59. The van der Waals surface area contributed by atoms with Crippen molar-refractivity contribution in [3.05, 3.63) is 88.7 Å². The second-order valence-corrected chi connectivity index (χ2v) is 9.89. The number of benzene rings is 2. The summed E-state index contributed by atoms with van der Waals surface area (Å²) in [5.41, 5.74) is 5.40. The highest BCUT2D eigenvalue weighted by molar-refractivity contribution is 7.92. The first kappa shape index (κ1) is 21.2. The number of fused-ring (bicyclic) bond motifs is 1. The molecule has 2 aromatic carbocycles. The van der Waals surface area contributed by atoms with Crippen molar-refractivity contribution < 1.29 is 13.2 Å². The number of anilines is 1. The van der Waals surface area contributed by atoms with Gasteiger partial charge in [0, 0.05) is 31.0 Å². The summed E-state index contributed by atoms with van der Waals surface area (Å²) in [6, 6.07) is 19.5. The maximum atomic E-state index is 12.8. The van der Waals surface area contributed by atoms with Crippen LogP contribution in [-0.4, -0.2) is 37.7 Å². The number of nitrogens with one attached hydrogen (secondary N) is 1. The summed E-state index contributed by atoms with van der Waals surface area (Å²) in [4.78, 5) is 12.8. The third kappa shape index (κ3) is 4.37.